The maximum Gasteiger partial charge on any atom is 0.167 e. The van der Waals surface area contributed by atoms with Crippen molar-refractivity contribution >= 4 is 43.7 Å². The smallest absolute Gasteiger partial charge is 0.167 e. The summed E-state index contributed by atoms with van der Waals surface area (Å²) in [4.78, 5) is 14.7. The van der Waals surface area contributed by atoms with Crippen molar-refractivity contribution in [2.45, 2.75) is 0 Å². The molecule has 3 heterocycles. The molecule has 0 saturated carbocycles. The first-order valence-corrected chi connectivity index (χ1v) is 16.1. The highest BCUT2D eigenvalue weighted by Gasteiger charge is 2.19. The SMILES string of the molecule is [2H]c1c([2H])c([2H])c2c(c1[2H])c1c([2H])c(-c3nc(-c4ccc(-c5ccccc5)cc4)nc(-c4cccc5c4oc4ccccc45)n3)c([2H])c([2H])c1n2-c1ccccc1. The lowest BCUT2D eigenvalue weighted by molar-refractivity contribution is 0.669. The maximum absolute atomic E-state index is 9.75. The van der Waals surface area contributed by atoms with Gasteiger partial charge in [-0.05, 0) is 59.6 Å². The Morgan fingerprint density at radius 3 is 1.94 bits per heavy atom. The van der Waals surface area contributed by atoms with E-state index in [1.807, 2.05) is 103 Å². The van der Waals surface area contributed by atoms with E-state index in [1.165, 1.54) is 0 Å². The van der Waals surface area contributed by atoms with Gasteiger partial charge in [0.25, 0.3) is 0 Å². The predicted molar refractivity (Wildman–Crippen MR) is 203 cm³/mol. The van der Waals surface area contributed by atoms with Crippen LogP contribution < -0.4 is 0 Å². The molecule has 0 aliphatic heterocycles. The summed E-state index contributed by atoms with van der Waals surface area (Å²) < 4.78 is 71.7. The van der Waals surface area contributed by atoms with Crippen LogP contribution in [0.4, 0.5) is 0 Å². The normalized spacial score (nSPS) is 13.6. The summed E-state index contributed by atoms with van der Waals surface area (Å²) in [6.45, 7) is 0. The molecule has 0 fully saturated rings. The maximum atomic E-state index is 9.75. The fourth-order valence-electron chi connectivity index (χ4n) is 6.56. The molecule has 50 heavy (non-hydrogen) atoms. The number of nitrogens with zero attached hydrogens (tertiary/aromatic N) is 4. The molecule has 0 spiro atoms. The van der Waals surface area contributed by atoms with E-state index in [2.05, 4.69) is 0 Å². The van der Waals surface area contributed by atoms with Gasteiger partial charge >= 0.3 is 0 Å². The van der Waals surface area contributed by atoms with Gasteiger partial charge in [-0.15, -0.1) is 0 Å². The molecule has 7 aromatic carbocycles. The van der Waals surface area contributed by atoms with Crippen LogP contribution in [0.3, 0.4) is 0 Å². The average molecular weight is 648 g/mol. The molecule has 234 valence electrons. The third kappa shape index (κ3) is 4.60. The van der Waals surface area contributed by atoms with Gasteiger partial charge in [0.15, 0.2) is 17.5 Å². The van der Waals surface area contributed by atoms with E-state index in [9.17, 15) is 4.11 Å². The van der Waals surface area contributed by atoms with Crippen molar-refractivity contribution in [3.8, 4) is 51.0 Å². The van der Waals surface area contributed by atoms with Gasteiger partial charge in [0, 0.05) is 38.4 Å². The highest BCUT2D eigenvalue weighted by molar-refractivity contribution is 6.11. The molecule has 0 saturated heterocycles. The van der Waals surface area contributed by atoms with Crippen LogP contribution in [0, 0.1) is 0 Å². The summed E-state index contributed by atoms with van der Waals surface area (Å²) >= 11 is 0. The van der Waals surface area contributed by atoms with Gasteiger partial charge in [-0.2, -0.15) is 0 Å². The second-order valence-electron chi connectivity index (χ2n) is 11.9. The molecule has 5 nitrogen and oxygen atoms in total. The summed E-state index contributed by atoms with van der Waals surface area (Å²) in [6.07, 6.45) is 0. The number of furan rings is 1. The molecule has 0 aliphatic rings. The quantitative estimate of drug-likeness (QED) is 0.186. The van der Waals surface area contributed by atoms with Crippen molar-refractivity contribution in [1.29, 1.82) is 0 Å². The monoisotopic (exact) mass is 647 g/mol. The van der Waals surface area contributed by atoms with Gasteiger partial charge in [-0.3, -0.25) is 0 Å². The van der Waals surface area contributed by atoms with Crippen LogP contribution in [-0.2, 0) is 0 Å². The van der Waals surface area contributed by atoms with Gasteiger partial charge in [-0.25, -0.2) is 15.0 Å². The van der Waals surface area contributed by atoms with Crippen molar-refractivity contribution in [1.82, 2.24) is 19.5 Å². The number of hydrogen-bond acceptors (Lipinski definition) is 4. The molecule has 5 heteroatoms. The molecule has 10 aromatic rings. The minimum Gasteiger partial charge on any atom is -0.455 e. The number of para-hydroxylation sites is 4. The Morgan fingerprint density at radius 1 is 0.460 bits per heavy atom. The molecule has 0 N–H and O–H groups in total. The summed E-state index contributed by atoms with van der Waals surface area (Å²) in [7, 11) is 0. The first-order valence-electron chi connectivity index (χ1n) is 19.6. The van der Waals surface area contributed by atoms with Crippen LogP contribution in [0.5, 0.6) is 0 Å². The van der Waals surface area contributed by atoms with Crippen LogP contribution in [0.2, 0.25) is 0 Å². The summed E-state index contributed by atoms with van der Waals surface area (Å²) in [6, 6.07) is 37.6. The molecule has 0 unspecified atom stereocenters. The van der Waals surface area contributed by atoms with Gasteiger partial charge in [-0.1, -0.05) is 121 Å². The standard InChI is InChI=1S/C45H28N4O/c1-3-12-29(13-4-1)30-22-24-31(25-23-30)43-46-44(48-45(47-43)37-19-11-18-36-35-17-8-10-21-41(35)50-42(36)37)32-26-27-40-38(28-32)34-16-7-9-20-39(34)49(40)33-14-5-2-6-15-33/h1-28H/i7D,9D,16D,20D,26D,27D,28D. The minimum absolute atomic E-state index is 0.0397. The summed E-state index contributed by atoms with van der Waals surface area (Å²) in [5.41, 5.74) is 5.15. The van der Waals surface area contributed by atoms with Crippen LogP contribution in [0.1, 0.15) is 9.60 Å². The van der Waals surface area contributed by atoms with Gasteiger partial charge < -0.3 is 8.98 Å². The lowest BCUT2D eigenvalue weighted by Gasteiger charge is -2.10. The Bertz CT molecular complexity index is 3260. The van der Waals surface area contributed by atoms with E-state index in [4.69, 9.17) is 24.9 Å². The van der Waals surface area contributed by atoms with E-state index >= 15 is 0 Å². The van der Waals surface area contributed by atoms with Gasteiger partial charge in [0.05, 0.1) is 26.2 Å². The average Bonchev–Trinajstić information content (AvgIpc) is 3.82. The van der Waals surface area contributed by atoms with Gasteiger partial charge in [0.2, 0.25) is 0 Å². The van der Waals surface area contributed by atoms with E-state index in [1.54, 1.807) is 28.8 Å². The van der Waals surface area contributed by atoms with Crippen molar-refractivity contribution in [2.24, 2.45) is 0 Å². The topological polar surface area (TPSA) is 56.7 Å². The molecule has 0 aliphatic carbocycles. The Kier molecular flexibility index (Phi) is 4.99. The lowest BCUT2D eigenvalue weighted by atomic mass is 10.0. The van der Waals surface area contributed by atoms with Crippen molar-refractivity contribution in [2.75, 3.05) is 0 Å². The number of rotatable bonds is 5. The minimum atomic E-state index is -0.468. The fourth-order valence-corrected chi connectivity index (χ4v) is 6.56. The first kappa shape index (κ1) is 21.9. The molecular weight excluding hydrogens is 613 g/mol. The number of fused-ring (bicyclic) bond motifs is 6. The second kappa shape index (κ2) is 11.4. The van der Waals surface area contributed by atoms with Crippen molar-refractivity contribution in [3.05, 3.63) is 170 Å². The molecular formula is C45H28N4O. The lowest BCUT2D eigenvalue weighted by Crippen LogP contribution is -2.00. The highest BCUT2D eigenvalue weighted by atomic mass is 16.3. The van der Waals surface area contributed by atoms with E-state index in [-0.39, 0.29) is 75.1 Å². The van der Waals surface area contributed by atoms with Crippen molar-refractivity contribution in [3.63, 3.8) is 0 Å². The summed E-state index contributed by atoms with van der Waals surface area (Å²) in [5.74, 6) is 0.453. The molecule has 0 atom stereocenters. The Hall–Kier alpha value is -6.85. The zero-order valence-electron chi connectivity index (χ0n) is 33.3. The second-order valence-corrected chi connectivity index (χ2v) is 11.9. The molecule has 0 radical (unpaired) electrons. The zero-order valence-corrected chi connectivity index (χ0v) is 26.3. The third-order valence-electron chi connectivity index (χ3n) is 8.93. The largest absolute Gasteiger partial charge is 0.455 e. The highest BCUT2D eigenvalue weighted by Crippen LogP contribution is 2.38. The van der Waals surface area contributed by atoms with E-state index in [0.717, 1.165) is 21.9 Å². The van der Waals surface area contributed by atoms with Crippen LogP contribution >= 0.6 is 0 Å². The summed E-state index contributed by atoms with van der Waals surface area (Å²) in [5, 5.41) is 1.94. The molecule has 3 aromatic heterocycles. The third-order valence-corrected chi connectivity index (χ3v) is 8.93. The Morgan fingerprint density at radius 2 is 1.10 bits per heavy atom. The predicted octanol–water partition coefficient (Wildman–Crippen LogP) is 11.5. The molecule has 10 rings (SSSR count). The number of hydrogen-bond donors (Lipinski definition) is 0. The van der Waals surface area contributed by atoms with Crippen LogP contribution in [0.25, 0.3) is 94.7 Å². The van der Waals surface area contributed by atoms with Gasteiger partial charge in [0.1, 0.15) is 11.2 Å². The first-order chi connectivity index (χ1) is 27.7. The fraction of sp³-hybridized carbons (Fsp3) is 0. The number of aromatic nitrogens is 4. The molecule has 0 amide bonds. The van der Waals surface area contributed by atoms with Crippen LogP contribution in [-0.4, -0.2) is 19.5 Å². The van der Waals surface area contributed by atoms with E-state index in [0.29, 0.717) is 28.0 Å². The Labute approximate surface area is 297 Å². The van der Waals surface area contributed by atoms with Crippen molar-refractivity contribution < 1.29 is 14.0 Å². The zero-order chi connectivity index (χ0) is 39.1. The molecule has 0 bridgehead atoms. The Balaban J connectivity index is 1.28. The van der Waals surface area contributed by atoms with E-state index < -0.39 is 12.1 Å². The van der Waals surface area contributed by atoms with Crippen LogP contribution in [0.15, 0.2) is 174 Å². The number of benzene rings is 7.